The predicted octanol–water partition coefficient (Wildman–Crippen LogP) is 4.62. The summed E-state index contributed by atoms with van der Waals surface area (Å²) in [6.45, 7) is 2.45. The molecular formula is C20H15FN2O2S. The van der Waals surface area contributed by atoms with Crippen LogP contribution in [-0.2, 0) is 0 Å². The first kappa shape index (κ1) is 17.9. The SMILES string of the molecule is CCOc1ccc2cc(C#N)c(SCC(=O)c3ccc(F)cc3)nc2c1. The molecule has 0 aliphatic rings. The maximum Gasteiger partial charge on any atom is 0.173 e. The van der Waals surface area contributed by atoms with Gasteiger partial charge in [0.05, 0.1) is 23.4 Å². The van der Waals surface area contributed by atoms with Crippen molar-refractivity contribution in [3.8, 4) is 11.8 Å². The van der Waals surface area contributed by atoms with Crippen LogP contribution >= 0.6 is 11.8 Å². The largest absolute Gasteiger partial charge is 0.494 e. The number of nitrogens with zero attached hydrogens (tertiary/aromatic N) is 2. The number of halogens is 1. The number of hydrogen-bond acceptors (Lipinski definition) is 5. The summed E-state index contributed by atoms with van der Waals surface area (Å²) in [5, 5.41) is 10.7. The van der Waals surface area contributed by atoms with Crippen LogP contribution in [-0.4, -0.2) is 23.1 Å². The molecular weight excluding hydrogens is 351 g/mol. The lowest BCUT2D eigenvalue weighted by Gasteiger charge is -2.08. The highest BCUT2D eigenvalue weighted by Gasteiger charge is 2.12. The van der Waals surface area contributed by atoms with Crippen molar-refractivity contribution in [1.82, 2.24) is 4.98 Å². The Morgan fingerprint density at radius 1 is 1.23 bits per heavy atom. The Morgan fingerprint density at radius 2 is 2.00 bits per heavy atom. The molecule has 0 aliphatic heterocycles. The second-order valence-electron chi connectivity index (χ2n) is 5.46. The molecule has 0 fully saturated rings. The zero-order valence-corrected chi connectivity index (χ0v) is 14.8. The molecule has 0 N–H and O–H groups in total. The number of carbonyl (C=O) groups excluding carboxylic acids is 1. The lowest BCUT2D eigenvalue weighted by atomic mass is 10.1. The van der Waals surface area contributed by atoms with Crippen LogP contribution < -0.4 is 4.74 Å². The number of ether oxygens (including phenoxy) is 1. The van der Waals surface area contributed by atoms with Gasteiger partial charge in [0.15, 0.2) is 5.78 Å². The average molecular weight is 366 g/mol. The molecule has 0 saturated heterocycles. The van der Waals surface area contributed by atoms with E-state index in [1.54, 1.807) is 6.07 Å². The van der Waals surface area contributed by atoms with E-state index in [4.69, 9.17) is 4.74 Å². The highest BCUT2D eigenvalue weighted by Crippen LogP contribution is 2.27. The van der Waals surface area contributed by atoms with Crippen LogP contribution in [0.1, 0.15) is 22.8 Å². The minimum absolute atomic E-state index is 0.115. The molecule has 1 aromatic heterocycles. The van der Waals surface area contributed by atoms with Crippen LogP contribution in [0.5, 0.6) is 5.75 Å². The summed E-state index contributed by atoms with van der Waals surface area (Å²) in [4.78, 5) is 16.8. The van der Waals surface area contributed by atoms with E-state index in [-0.39, 0.29) is 17.4 Å². The van der Waals surface area contributed by atoms with Crippen LogP contribution in [0, 0.1) is 17.1 Å². The zero-order valence-electron chi connectivity index (χ0n) is 14.0. The first-order valence-electron chi connectivity index (χ1n) is 8.00. The molecule has 0 atom stereocenters. The predicted molar refractivity (Wildman–Crippen MR) is 99.1 cm³/mol. The molecule has 6 heteroatoms. The highest BCUT2D eigenvalue weighted by molar-refractivity contribution is 8.00. The molecule has 1 heterocycles. The van der Waals surface area contributed by atoms with Gasteiger partial charge in [-0.05, 0) is 49.4 Å². The van der Waals surface area contributed by atoms with Crippen LogP contribution in [0.4, 0.5) is 4.39 Å². The minimum atomic E-state index is -0.387. The quantitative estimate of drug-likeness (QED) is 0.470. The Balaban J connectivity index is 1.84. The van der Waals surface area contributed by atoms with Crippen molar-refractivity contribution in [2.24, 2.45) is 0 Å². The molecule has 0 amide bonds. The molecule has 0 radical (unpaired) electrons. The van der Waals surface area contributed by atoms with Crippen molar-refractivity contribution in [3.63, 3.8) is 0 Å². The number of hydrogen-bond donors (Lipinski definition) is 0. The maximum atomic E-state index is 13.0. The summed E-state index contributed by atoms with van der Waals surface area (Å²) in [6, 6.07) is 14.8. The summed E-state index contributed by atoms with van der Waals surface area (Å²) in [7, 11) is 0. The first-order chi connectivity index (χ1) is 12.6. The van der Waals surface area contributed by atoms with E-state index in [0.717, 1.165) is 5.39 Å². The molecule has 130 valence electrons. The molecule has 0 spiro atoms. The van der Waals surface area contributed by atoms with Crippen LogP contribution in [0.25, 0.3) is 10.9 Å². The van der Waals surface area contributed by atoms with E-state index in [2.05, 4.69) is 11.1 Å². The summed E-state index contributed by atoms with van der Waals surface area (Å²) in [5.41, 5.74) is 1.54. The van der Waals surface area contributed by atoms with Crippen molar-refractivity contribution in [2.75, 3.05) is 12.4 Å². The fourth-order valence-corrected chi connectivity index (χ4v) is 3.29. The first-order valence-corrected chi connectivity index (χ1v) is 8.98. The minimum Gasteiger partial charge on any atom is -0.494 e. The number of rotatable bonds is 6. The number of ketones is 1. The van der Waals surface area contributed by atoms with Gasteiger partial charge >= 0.3 is 0 Å². The van der Waals surface area contributed by atoms with Crippen LogP contribution in [0.2, 0.25) is 0 Å². The van der Waals surface area contributed by atoms with Gasteiger partial charge in [-0.3, -0.25) is 4.79 Å². The molecule has 0 aliphatic carbocycles. The van der Waals surface area contributed by atoms with Gasteiger partial charge < -0.3 is 4.74 Å². The van der Waals surface area contributed by atoms with Crippen molar-refractivity contribution in [3.05, 3.63) is 65.5 Å². The fourth-order valence-electron chi connectivity index (χ4n) is 2.43. The van der Waals surface area contributed by atoms with Gasteiger partial charge in [-0.15, -0.1) is 0 Å². The standard InChI is InChI=1S/C20H15FN2O2S/c1-2-25-17-8-5-14-9-15(11-22)20(23-18(14)10-17)26-12-19(24)13-3-6-16(21)7-4-13/h3-10H,2,12H2,1H3. The summed E-state index contributed by atoms with van der Waals surface area (Å²) in [6.07, 6.45) is 0. The number of thioether (sulfide) groups is 1. The highest BCUT2D eigenvalue weighted by atomic mass is 32.2. The van der Waals surface area contributed by atoms with E-state index in [0.29, 0.717) is 34.0 Å². The number of nitriles is 1. The molecule has 0 bridgehead atoms. The third-order valence-corrected chi connectivity index (χ3v) is 4.68. The number of Topliss-reactive ketones (excluding diaryl/α,β-unsaturated/α-hetero) is 1. The van der Waals surface area contributed by atoms with Gasteiger partial charge in [0.1, 0.15) is 22.7 Å². The van der Waals surface area contributed by atoms with Crippen molar-refractivity contribution >= 4 is 28.4 Å². The van der Waals surface area contributed by atoms with Gasteiger partial charge in [-0.1, -0.05) is 11.8 Å². The van der Waals surface area contributed by atoms with Crippen molar-refractivity contribution in [1.29, 1.82) is 5.26 Å². The topological polar surface area (TPSA) is 63.0 Å². The number of fused-ring (bicyclic) bond motifs is 1. The summed E-state index contributed by atoms with van der Waals surface area (Å²) >= 11 is 1.20. The monoisotopic (exact) mass is 366 g/mol. The maximum absolute atomic E-state index is 13.0. The Hall–Kier alpha value is -2.91. The smallest absolute Gasteiger partial charge is 0.173 e. The Morgan fingerprint density at radius 3 is 2.69 bits per heavy atom. The van der Waals surface area contributed by atoms with Gasteiger partial charge in [-0.25, -0.2) is 9.37 Å². The molecule has 2 aromatic carbocycles. The van der Waals surface area contributed by atoms with E-state index >= 15 is 0 Å². The number of benzene rings is 2. The lowest BCUT2D eigenvalue weighted by Crippen LogP contribution is -2.03. The van der Waals surface area contributed by atoms with Crippen LogP contribution in [0.15, 0.2) is 53.6 Å². The Kier molecular flexibility index (Phi) is 5.49. The molecule has 0 saturated carbocycles. The summed E-state index contributed by atoms with van der Waals surface area (Å²) in [5.74, 6) is 0.283. The molecule has 3 aromatic rings. The number of carbonyl (C=O) groups is 1. The average Bonchev–Trinajstić information content (AvgIpc) is 2.66. The van der Waals surface area contributed by atoms with Crippen molar-refractivity contribution in [2.45, 2.75) is 11.9 Å². The number of pyridine rings is 1. The summed E-state index contributed by atoms with van der Waals surface area (Å²) < 4.78 is 18.4. The molecule has 3 rings (SSSR count). The second-order valence-corrected chi connectivity index (χ2v) is 6.42. The lowest BCUT2D eigenvalue weighted by molar-refractivity contribution is 0.102. The van der Waals surface area contributed by atoms with Crippen molar-refractivity contribution < 1.29 is 13.9 Å². The van der Waals surface area contributed by atoms with E-state index in [9.17, 15) is 14.4 Å². The molecule has 26 heavy (non-hydrogen) atoms. The van der Waals surface area contributed by atoms with Gasteiger partial charge in [0, 0.05) is 17.0 Å². The number of aromatic nitrogens is 1. The van der Waals surface area contributed by atoms with E-state index in [1.165, 1.54) is 36.0 Å². The Bertz CT molecular complexity index is 997. The zero-order chi connectivity index (χ0) is 18.5. The van der Waals surface area contributed by atoms with E-state index in [1.807, 2.05) is 25.1 Å². The second kappa shape index (κ2) is 7.98. The van der Waals surface area contributed by atoms with Gasteiger partial charge in [-0.2, -0.15) is 5.26 Å². The van der Waals surface area contributed by atoms with Crippen LogP contribution in [0.3, 0.4) is 0 Å². The van der Waals surface area contributed by atoms with Gasteiger partial charge in [0.25, 0.3) is 0 Å². The molecule has 4 nitrogen and oxygen atoms in total. The van der Waals surface area contributed by atoms with E-state index < -0.39 is 0 Å². The third-order valence-electron chi connectivity index (χ3n) is 3.69. The van der Waals surface area contributed by atoms with Gasteiger partial charge in [0.2, 0.25) is 0 Å². The normalized spacial score (nSPS) is 10.5. The third kappa shape index (κ3) is 4.01. The molecule has 0 unspecified atom stereocenters. The Labute approximate surface area is 154 Å². The fraction of sp³-hybridized carbons (Fsp3) is 0.150.